The van der Waals surface area contributed by atoms with E-state index in [1.807, 2.05) is 0 Å². The quantitative estimate of drug-likeness (QED) is 0.417. The van der Waals surface area contributed by atoms with E-state index in [1.54, 1.807) is 0 Å². The molecular weight excluding hydrogens is 290 g/mol. The predicted octanol–water partition coefficient (Wildman–Crippen LogP) is 6.03. The first kappa shape index (κ1) is 18.7. The van der Waals surface area contributed by atoms with E-state index in [2.05, 4.69) is 74.7 Å². The van der Waals surface area contributed by atoms with Crippen LogP contribution in [0.3, 0.4) is 0 Å². The Kier molecular flexibility index (Phi) is 7.52. The molecule has 1 atom stereocenters. The highest BCUT2D eigenvalue weighted by Crippen LogP contribution is 2.21. The molecule has 0 saturated carbocycles. The molecule has 0 aliphatic carbocycles. The second-order valence-electron chi connectivity index (χ2n) is 6.87. The minimum absolute atomic E-state index is 0.609. The Morgan fingerprint density at radius 2 is 2.04 bits per heavy atom. The molecule has 24 heavy (non-hydrogen) atoms. The second kappa shape index (κ2) is 9.64. The van der Waals surface area contributed by atoms with Gasteiger partial charge in [-0.3, -0.25) is 4.90 Å². The summed E-state index contributed by atoms with van der Waals surface area (Å²) in [6.07, 6.45) is 12.7. The van der Waals surface area contributed by atoms with Gasteiger partial charge in [-0.05, 0) is 75.7 Å². The number of likely N-dealkylation sites (tertiary alicyclic amines) is 1. The van der Waals surface area contributed by atoms with Crippen LogP contribution in [0.15, 0.2) is 54.6 Å². The summed E-state index contributed by atoms with van der Waals surface area (Å²) >= 11 is 0. The topological polar surface area (TPSA) is 3.24 Å². The van der Waals surface area contributed by atoms with E-state index < -0.39 is 0 Å². The third kappa shape index (κ3) is 5.21. The zero-order valence-electron chi connectivity index (χ0n) is 15.7. The van der Waals surface area contributed by atoms with Crippen molar-refractivity contribution in [3.8, 4) is 0 Å². The average molecular weight is 324 g/mol. The molecule has 1 heteroatoms. The first-order valence-corrected chi connectivity index (χ1v) is 9.47. The van der Waals surface area contributed by atoms with Gasteiger partial charge in [0.1, 0.15) is 0 Å². The first-order valence-electron chi connectivity index (χ1n) is 9.47. The third-order valence-corrected chi connectivity index (χ3v) is 5.15. The summed E-state index contributed by atoms with van der Waals surface area (Å²) in [5, 5.41) is 0. The zero-order valence-corrected chi connectivity index (χ0v) is 15.7. The van der Waals surface area contributed by atoms with Crippen LogP contribution in [0.5, 0.6) is 0 Å². The Bertz CT molecular complexity index is 577. The van der Waals surface area contributed by atoms with Gasteiger partial charge in [0.2, 0.25) is 0 Å². The van der Waals surface area contributed by atoms with E-state index in [1.165, 1.54) is 54.6 Å². The van der Waals surface area contributed by atoms with E-state index in [0.717, 1.165) is 12.8 Å². The molecule has 1 saturated heterocycles. The Hall–Kier alpha value is -1.60. The van der Waals surface area contributed by atoms with E-state index in [0.29, 0.717) is 6.04 Å². The third-order valence-electron chi connectivity index (χ3n) is 5.15. The van der Waals surface area contributed by atoms with E-state index in [-0.39, 0.29) is 0 Å². The van der Waals surface area contributed by atoms with Crippen LogP contribution in [-0.2, 0) is 6.42 Å². The maximum absolute atomic E-state index is 3.97. The Labute approximate surface area is 148 Å². The van der Waals surface area contributed by atoms with Crippen LogP contribution in [0.4, 0.5) is 0 Å². The molecule has 1 aromatic carbocycles. The van der Waals surface area contributed by atoms with Crippen molar-refractivity contribution in [3.63, 3.8) is 0 Å². The van der Waals surface area contributed by atoms with Gasteiger partial charge in [0.25, 0.3) is 0 Å². The van der Waals surface area contributed by atoms with Crippen molar-refractivity contribution >= 4 is 5.57 Å². The van der Waals surface area contributed by atoms with E-state index >= 15 is 0 Å². The monoisotopic (exact) mass is 323 g/mol. The minimum atomic E-state index is 0.609. The van der Waals surface area contributed by atoms with Gasteiger partial charge in [-0.2, -0.15) is 0 Å². The van der Waals surface area contributed by atoms with Gasteiger partial charge in [0.15, 0.2) is 0 Å². The molecule has 0 N–H and O–H groups in total. The molecule has 1 aliphatic rings. The lowest BCUT2D eigenvalue weighted by molar-refractivity contribution is 0.286. The summed E-state index contributed by atoms with van der Waals surface area (Å²) in [5.74, 6) is 0. The number of hydrogen-bond acceptors (Lipinski definition) is 1. The number of aryl methyl sites for hydroxylation is 1. The van der Waals surface area contributed by atoms with Gasteiger partial charge >= 0.3 is 0 Å². The SMILES string of the molecule is C=CC1CCCN1CCCc1ccc(C(/C=C(/C)CC)=C/C)cc1. The molecule has 1 heterocycles. The Morgan fingerprint density at radius 3 is 2.67 bits per heavy atom. The Morgan fingerprint density at radius 1 is 1.29 bits per heavy atom. The summed E-state index contributed by atoms with van der Waals surface area (Å²) in [7, 11) is 0. The molecule has 0 spiro atoms. The maximum Gasteiger partial charge on any atom is 0.0276 e. The maximum atomic E-state index is 3.97. The lowest BCUT2D eigenvalue weighted by atomic mass is 9.99. The minimum Gasteiger partial charge on any atom is -0.297 e. The fourth-order valence-electron chi connectivity index (χ4n) is 3.45. The molecule has 0 radical (unpaired) electrons. The van der Waals surface area contributed by atoms with Crippen molar-refractivity contribution < 1.29 is 0 Å². The Balaban J connectivity index is 1.89. The van der Waals surface area contributed by atoms with Crippen LogP contribution < -0.4 is 0 Å². The van der Waals surface area contributed by atoms with Crippen LogP contribution in [0.1, 0.15) is 57.6 Å². The van der Waals surface area contributed by atoms with Crippen molar-refractivity contribution in [2.45, 2.75) is 58.9 Å². The molecule has 1 unspecified atom stereocenters. The number of nitrogens with zero attached hydrogens (tertiary/aromatic N) is 1. The summed E-state index contributed by atoms with van der Waals surface area (Å²) in [6, 6.07) is 9.74. The number of allylic oxidation sites excluding steroid dienone is 4. The van der Waals surface area contributed by atoms with Crippen LogP contribution in [0, 0.1) is 0 Å². The lowest BCUT2D eigenvalue weighted by Gasteiger charge is -2.21. The standard InChI is InChI=1S/C23H33N/c1-5-19(4)18-21(6-2)22-14-12-20(13-15-22)10-8-16-24-17-9-11-23(24)7-3/h6-7,12-15,18,23H,3,5,8-11,16-17H2,1-2,4H3/b19-18-,21-6+. The van der Waals surface area contributed by atoms with Crippen LogP contribution in [0.2, 0.25) is 0 Å². The molecule has 0 aromatic heterocycles. The molecule has 1 aliphatic heterocycles. The normalized spacial score (nSPS) is 19.7. The van der Waals surface area contributed by atoms with Gasteiger partial charge in [-0.1, -0.05) is 55.0 Å². The fraction of sp³-hybridized carbons (Fsp3) is 0.478. The van der Waals surface area contributed by atoms with Gasteiger partial charge in [-0.15, -0.1) is 6.58 Å². The molecular formula is C23H33N. The van der Waals surface area contributed by atoms with Gasteiger partial charge < -0.3 is 0 Å². The van der Waals surface area contributed by atoms with Crippen molar-refractivity contribution in [2.75, 3.05) is 13.1 Å². The average Bonchev–Trinajstić information content (AvgIpc) is 3.07. The highest BCUT2D eigenvalue weighted by Gasteiger charge is 2.20. The molecule has 1 fully saturated rings. The highest BCUT2D eigenvalue weighted by atomic mass is 15.2. The summed E-state index contributed by atoms with van der Waals surface area (Å²) < 4.78 is 0. The smallest absolute Gasteiger partial charge is 0.0276 e. The van der Waals surface area contributed by atoms with Crippen molar-refractivity contribution in [2.24, 2.45) is 0 Å². The molecule has 1 nitrogen and oxygen atoms in total. The summed E-state index contributed by atoms with van der Waals surface area (Å²) in [5.41, 5.74) is 5.52. The lowest BCUT2D eigenvalue weighted by Crippen LogP contribution is -2.28. The van der Waals surface area contributed by atoms with Gasteiger partial charge in [0, 0.05) is 6.04 Å². The van der Waals surface area contributed by atoms with Crippen molar-refractivity contribution in [1.82, 2.24) is 4.90 Å². The number of hydrogen-bond donors (Lipinski definition) is 0. The van der Waals surface area contributed by atoms with Gasteiger partial charge in [0.05, 0.1) is 0 Å². The summed E-state index contributed by atoms with van der Waals surface area (Å²) in [4.78, 5) is 2.58. The predicted molar refractivity (Wildman–Crippen MR) is 107 cm³/mol. The molecule has 0 amide bonds. The van der Waals surface area contributed by atoms with Crippen molar-refractivity contribution in [1.29, 1.82) is 0 Å². The fourth-order valence-corrected chi connectivity index (χ4v) is 3.45. The van der Waals surface area contributed by atoms with Crippen molar-refractivity contribution in [3.05, 3.63) is 65.8 Å². The van der Waals surface area contributed by atoms with Crippen LogP contribution >= 0.6 is 0 Å². The van der Waals surface area contributed by atoms with E-state index in [9.17, 15) is 0 Å². The molecule has 1 aromatic rings. The zero-order chi connectivity index (χ0) is 17.4. The van der Waals surface area contributed by atoms with Crippen LogP contribution in [-0.4, -0.2) is 24.0 Å². The molecule has 0 bridgehead atoms. The van der Waals surface area contributed by atoms with Crippen LogP contribution in [0.25, 0.3) is 5.57 Å². The van der Waals surface area contributed by atoms with Gasteiger partial charge in [-0.25, -0.2) is 0 Å². The number of rotatable bonds is 8. The largest absolute Gasteiger partial charge is 0.297 e. The number of benzene rings is 1. The van der Waals surface area contributed by atoms with E-state index in [4.69, 9.17) is 0 Å². The summed E-state index contributed by atoms with van der Waals surface area (Å²) in [6.45, 7) is 12.9. The first-order chi connectivity index (χ1) is 11.7. The second-order valence-corrected chi connectivity index (χ2v) is 6.87. The molecule has 130 valence electrons. The highest BCUT2D eigenvalue weighted by molar-refractivity contribution is 5.74. The molecule has 2 rings (SSSR count).